The summed E-state index contributed by atoms with van der Waals surface area (Å²) in [5, 5.41) is 4.42. The van der Waals surface area contributed by atoms with Gasteiger partial charge in [-0.3, -0.25) is 19.1 Å². The summed E-state index contributed by atoms with van der Waals surface area (Å²) in [5.41, 5.74) is -0.0982. The second-order valence-corrected chi connectivity index (χ2v) is 18.9. The average Bonchev–Trinajstić information content (AvgIpc) is 4.07. The van der Waals surface area contributed by atoms with E-state index in [1.54, 1.807) is 7.11 Å². The van der Waals surface area contributed by atoms with Crippen molar-refractivity contribution in [2.45, 2.75) is 108 Å². The van der Waals surface area contributed by atoms with Gasteiger partial charge in [0, 0.05) is 29.7 Å². The van der Waals surface area contributed by atoms with Gasteiger partial charge in [0.15, 0.2) is 0 Å². The van der Waals surface area contributed by atoms with E-state index in [1.807, 2.05) is 81.5 Å². The number of nitrogens with zero attached hydrogens (tertiary/aromatic N) is 2. The van der Waals surface area contributed by atoms with Gasteiger partial charge in [-0.1, -0.05) is 26.0 Å². The first-order valence-electron chi connectivity index (χ1n) is 20.0. The Kier molecular flexibility index (Phi) is 11.3. The molecule has 3 fully saturated rings. The predicted octanol–water partition coefficient (Wildman–Crippen LogP) is 6.27. The molecule has 3 aromatic rings. The zero-order valence-electron chi connectivity index (χ0n) is 33.3. The van der Waals surface area contributed by atoms with E-state index in [2.05, 4.69) is 17.0 Å². The van der Waals surface area contributed by atoms with Gasteiger partial charge in [0.1, 0.15) is 40.6 Å². The molecule has 57 heavy (non-hydrogen) atoms. The topological polar surface area (TPSA) is 153 Å². The first-order valence-corrected chi connectivity index (χ1v) is 21.5. The second kappa shape index (κ2) is 15.9. The number of amides is 3. The van der Waals surface area contributed by atoms with Crippen molar-refractivity contribution in [3.05, 3.63) is 60.7 Å². The molecule has 1 saturated heterocycles. The Morgan fingerprint density at radius 3 is 2.47 bits per heavy atom. The highest BCUT2D eigenvalue weighted by molar-refractivity contribution is 7.91. The lowest BCUT2D eigenvalue weighted by Gasteiger charge is -2.28. The van der Waals surface area contributed by atoms with Crippen molar-refractivity contribution in [1.82, 2.24) is 19.9 Å². The lowest BCUT2D eigenvalue weighted by Crippen LogP contribution is -2.57. The number of pyridine rings is 1. The van der Waals surface area contributed by atoms with Crippen LogP contribution in [0.25, 0.3) is 22.0 Å². The molecule has 2 aliphatic heterocycles. The van der Waals surface area contributed by atoms with Crippen LogP contribution in [-0.2, 0) is 24.4 Å². The number of hydrogen-bond donors (Lipinski definition) is 2. The van der Waals surface area contributed by atoms with Crippen LogP contribution >= 0.6 is 0 Å². The Balaban J connectivity index is 1.19. The fourth-order valence-corrected chi connectivity index (χ4v) is 9.70. The van der Waals surface area contributed by atoms with Crippen LogP contribution in [0.2, 0.25) is 0 Å². The van der Waals surface area contributed by atoms with Gasteiger partial charge in [0.25, 0.3) is 5.91 Å². The summed E-state index contributed by atoms with van der Waals surface area (Å²) in [6.45, 7) is 7.11. The average molecular weight is 805 g/mol. The molecule has 3 heterocycles. The molecule has 2 N–H and O–H groups in total. The number of methoxy groups -OCH3 is 1. The van der Waals surface area contributed by atoms with E-state index in [-0.39, 0.29) is 56.6 Å². The van der Waals surface area contributed by atoms with Crippen LogP contribution in [0.1, 0.15) is 79.1 Å². The van der Waals surface area contributed by atoms with Crippen molar-refractivity contribution < 1.29 is 41.4 Å². The zero-order chi connectivity index (χ0) is 40.7. The number of halogens is 1. The summed E-state index contributed by atoms with van der Waals surface area (Å²) in [4.78, 5) is 48.8. The second-order valence-electron chi connectivity index (χ2n) is 16.8. The minimum Gasteiger partial charge on any atom is -0.497 e. The van der Waals surface area contributed by atoms with Gasteiger partial charge in [-0.2, -0.15) is 0 Å². The highest BCUT2D eigenvalue weighted by Crippen LogP contribution is 2.48. The van der Waals surface area contributed by atoms with Crippen molar-refractivity contribution >= 4 is 38.5 Å². The summed E-state index contributed by atoms with van der Waals surface area (Å²) in [6, 6.07) is 14.1. The molecule has 0 unspecified atom stereocenters. The summed E-state index contributed by atoms with van der Waals surface area (Å²) < 4.78 is 58.7. The SMILES string of the molecule is COc1ccc2c(O[C@@H]3C[C@H]4C(=O)N[C@]5(C(=O)NS(=O)(=O)C6(CF)CC6)C[C@H]5/C=C\CC[C@@H](C)C[C@@H](C)CC(=O)N4C3)nc(-c3ccc(OC(C)C)cc3)cc2c1. The molecule has 3 amide bonds. The fraction of sp³-hybridized carbons (Fsp3) is 0.535. The van der Waals surface area contributed by atoms with Crippen molar-refractivity contribution in [3.63, 3.8) is 0 Å². The number of ether oxygens (including phenoxy) is 3. The van der Waals surface area contributed by atoms with Crippen LogP contribution < -0.4 is 24.2 Å². The molecule has 0 spiro atoms. The predicted molar refractivity (Wildman–Crippen MR) is 214 cm³/mol. The summed E-state index contributed by atoms with van der Waals surface area (Å²) in [5.74, 6) is -0.0744. The molecule has 1 aromatic heterocycles. The maximum atomic E-state index is 14.4. The summed E-state index contributed by atoms with van der Waals surface area (Å²) in [6.07, 6.45) is 6.36. The molecule has 0 radical (unpaired) electrons. The molecule has 4 aliphatic rings. The summed E-state index contributed by atoms with van der Waals surface area (Å²) in [7, 11) is -2.74. The number of nitrogens with one attached hydrogen (secondary N) is 2. The van der Waals surface area contributed by atoms with E-state index in [0.717, 1.165) is 36.0 Å². The fourth-order valence-electron chi connectivity index (χ4n) is 8.27. The van der Waals surface area contributed by atoms with Crippen LogP contribution in [0.3, 0.4) is 0 Å². The molecule has 14 heteroatoms. The minimum atomic E-state index is -4.33. The number of fused-ring (bicyclic) bond motifs is 3. The van der Waals surface area contributed by atoms with E-state index in [1.165, 1.54) is 4.90 Å². The molecular weight excluding hydrogens is 752 g/mol. The third-order valence-corrected chi connectivity index (χ3v) is 13.9. The highest BCUT2D eigenvalue weighted by Gasteiger charge is 2.64. The minimum absolute atomic E-state index is 0.0205. The molecular formula is C43H53FN4O8S. The molecule has 7 rings (SSSR count). The number of alkyl halides is 1. The van der Waals surface area contributed by atoms with E-state index in [0.29, 0.717) is 28.6 Å². The van der Waals surface area contributed by atoms with E-state index >= 15 is 0 Å². The number of benzene rings is 2. The van der Waals surface area contributed by atoms with Crippen LogP contribution in [0.4, 0.5) is 4.39 Å². The number of carbonyl (C=O) groups is 3. The normalized spacial score (nSPS) is 28.0. The van der Waals surface area contributed by atoms with Gasteiger partial charge < -0.3 is 24.4 Å². The Hall–Kier alpha value is -4.72. The molecule has 2 aliphatic carbocycles. The van der Waals surface area contributed by atoms with E-state index in [9.17, 15) is 27.2 Å². The van der Waals surface area contributed by atoms with E-state index < -0.39 is 56.9 Å². The molecule has 12 nitrogen and oxygen atoms in total. The highest BCUT2D eigenvalue weighted by atomic mass is 32.2. The van der Waals surface area contributed by atoms with Crippen LogP contribution in [0, 0.1) is 17.8 Å². The number of carbonyl (C=O) groups excluding carboxylic acids is 3. The molecule has 2 aromatic carbocycles. The standard InChI is InChI=1S/C43H53FN4O8S/c1-26(2)55-32-12-10-29(11-13-32)36-21-30-20-33(54-5)14-15-35(30)40(45-36)56-34-22-37-39(50)46-43(41(51)47-57(52,53)42(25-44)16-17-42)23-31(43)9-7-6-8-27(3)18-28(4)19-38(49)48(37)24-34/h7,9-15,20-21,26-28,31,34,37H,6,8,16-19,22-25H2,1-5H3,(H,46,50)(H,47,51)/b9-7-/t27-,28-,31-,34-,37+,43-/m1/s1. The van der Waals surface area contributed by atoms with Crippen LogP contribution in [-0.4, -0.2) is 84.9 Å². The molecule has 2 saturated carbocycles. The van der Waals surface area contributed by atoms with Crippen LogP contribution in [0.5, 0.6) is 17.4 Å². The third kappa shape index (κ3) is 8.47. The first kappa shape index (κ1) is 40.5. The molecule has 306 valence electrons. The van der Waals surface area contributed by atoms with Crippen LogP contribution in [0.15, 0.2) is 60.7 Å². The quantitative estimate of drug-likeness (QED) is 0.226. The lowest BCUT2D eigenvalue weighted by atomic mass is 9.91. The lowest BCUT2D eigenvalue weighted by molar-refractivity contribution is -0.140. The van der Waals surface area contributed by atoms with Crippen molar-refractivity contribution in [1.29, 1.82) is 0 Å². The van der Waals surface area contributed by atoms with Gasteiger partial charge in [-0.05, 0) is 118 Å². The van der Waals surface area contributed by atoms with Gasteiger partial charge in [-0.25, -0.2) is 17.8 Å². The van der Waals surface area contributed by atoms with E-state index in [4.69, 9.17) is 19.2 Å². The van der Waals surface area contributed by atoms with Gasteiger partial charge >= 0.3 is 0 Å². The summed E-state index contributed by atoms with van der Waals surface area (Å²) >= 11 is 0. The first-order chi connectivity index (χ1) is 27.2. The largest absolute Gasteiger partial charge is 0.497 e. The van der Waals surface area contributed by atoms with Crippen molar-refractivity contribution in [2.24, 2.45) is 17.8 Å². The number of rotatable bonds is 10. The number of hydrogen-bond acceptors (Lipinski definition) is 9. The Morgan fingerprint density at radius 1 is 1.05 bits per heavy atom. The Morgan fingerprint density at radius 2 is 1.79 bits per heavy atom. The van der Waals surface area contributed by atoms with Gasteiger partial charge in [0.2, 0.25) is 27.7 Å². The maximum Gasteiger partial charge on any atom is 0.259 e. The Labute approximate surface area is 334 Å². The Bertz CT molecular complexity index is 2160. The molecule has 0 bridgehead atoms. The maximum absolute atomic E-state index is 14.4. The van der Waals surface area contributed by atoms with Gasteiger partial charge in [-0.15, -0.1) is 0 Å². The zero-order valence-corrected chi connectivity index (χ0v) is 34.1. The number of allylic oxidation sites excluding steroid dienone is 1. The third-order valence-electron chi connectivity index (χ3n) is 11.8. The van der Waals surface area contributed by atoms with Gasteiger partial charge in [0.05, 0.1) is 25.5 Å². The number of aromatic nitrogens is 1. The monoisotopic (exact) mass is 804 g/mol. The van der Waals surface area contributed by atoms with Crippen molar-refractivity contribution in [3.8, 4) is 28.6 Å². The smallest absolute Gasteiger partial charge is 0.259 e. The molecule has 6 atom stereocenters. The number of sulfonamides is 1. The van der Waals surface area contributed by atoms with Crippen molar-refractivity contribution in [2.75, 3.05) is 20.3 Å².